The summed E-state index contributed by atoms with van der Waals surface area (Å²) in [5, 5.41) is -0.0705. The van der Waals surface area contributed by atoms with Crippen molar-refractivity contribution in [2.45, 2.75) is 30.6 Å². The second-order valence-electron chi connectivity index (χ2n) is 6.71. The van der Waals surface area contributed by atoms with Crippen LogP contribution in [0.15, 0.2) is 53.5 Å². The highest BCUT2D eigenvalue weighted by atomic mass is 32.2. The van der Waals surface area contributed by atoms with Gasteiger partial charge in [0.2, 0.25) is 0 Å². The van der Waals surface area contributed by atoms with Crippen molar-refractivity contribution in [2.24, 2.45) is 0 Å². The molecule has 0 unspecified atom stereocenters. The first kappa shape index (κ1) is 19.4. The molecule has 2 heterocycles. The van der Waals surface area contributed by atoms with Crippen molar-refractivity contribution in [3.05, 3.63) is 59.6 Å². The number of alkyl halides is 3. The lowest BCUT2D eigenvalue weighted by Crippen LogP contribution is -2.24. The van der Waals surface area contributed by atoms with Crippen molar-refractivity contribution in [2.75, 3.05) is 17.7 Å². The number of thioether (sulfide) groups is 1. The van der Waals surface area contributed by atoms with Crippen molar-refractivity contribution >= 4 is 23.2 Å². The standard InChI is InChI=1S/C19H18F3N3OS/c1-18(2)13-6-4-5-7-14(13)25(3)16(18)10-12(26)11-27-17-23-9-8-15(24-17)19(20,21)22/h4-10H,11H2,1-3H3. The van der Waals surface area contributed by atoms with Gasteiger partial charge in [0.15, 0.2) is 10.9 Å². The van der Waals surface area contributed by atoms with E-state index in [1.807, 2.05) is 50.1 Å². The Labute approximate surface area is 159 Å². The molecule has 0 N–H and O–H groups in total. The number of benzene rings is 1. The van der Waals surface area contributed by atoms with Crippen molar-refractivity contribution in [1.29, 1.82) is 0 Å². The van der Waals surface area contributed by atoms with Crippen molar-refractivity contribution in [3.63, 3.8) is 0 Å². The zero-order chi connectivity index (χ0) is 19.8. The quantitative estimate of drug-likeness (QED) is 0.436. The molecule has 27 heavy (non-hydrogen) atoms. The molecule has 3 rings (SSSR count). The van der Waals surface area contributed by atoms with Crippen LogP contribution in [0.1, 0.15) is 25.1 Å². The van der Waals surface area contributed by atoms with E-state index in [1.54, 1.807) is 6.08 Å². The van der Waals surface area contributed by atoms with Crippen molar-refractivity contribution in [1.82, 2.24) is 9.97 Å². The van der Waals surface area contributed by atoms with Gasteiger partial charge in [0.1, 0.15) is 5.69 Å². The highest BCUT2D eigenvalue weighted by molar-refractivity contribution is 7.99. The number of carbonyl (C=O) groups excluding carboxylic acids is 1. The summed E-state index contributed by atoms with van der Waals surface area (Å²) in [7, 11) is 1.90. The van der Waals surface area contributed by atoms with Crippen LogP contribution in [0, 0.1) is 0 Å². The van der Waals surface area contributed by atoms with E-state index < -0.39 is 11.9 Å². The molecule has 8 heteroatoms. The van der Waals surface area contributed by atoms with Gasteiger partial charge in [0, 0.05) is 36.1 Å². The summed E-state index contributed by atoms with van der Waals surface area (Å²) in [6, 6.07) is 8.73. The van der Waals surface area contributed by atoms with Gasteiger partial charge in [-0.15, -0.1) is 0 Å². The van der Waals surface area contributed by atoms with Gasteiger partial charge in [-0.05, 0) is 17.7 Å². The number of fused-ring (bicyclic) bond motifs is 1. The molecule has 0 radical (unpaired) electrons. The molecule has 4 nitrogen and oxygen atoms in total. The molecule has 0 fully saturated rings. The minimum Gasteiger partial charge on any atom is -0.347 e. The molecule has 1 aliphatic rings. The molecular formula is C19H18F3N3OS. The smallest absolute Gasteiger partial charge is 0.347 e. The number of para-hydroxylation sites is 1. The minimum atomic E-state index is -4.54. The molecule has 0 bridgehead atoms. The lowest BCUT2D eigenvalue weighted by atomic mass is 9.83. The number of likely N-dealkylation sites (N-methyl/N-ethyl adjacent to an activating group) is 1. The third-order valence-electron chi connectivity index (χ3n) is 4.51. The van der Waals surface area contributed by atoms with Gasteiger partial charge in [0.25, 0.3) is 0 Å². The van der Waals surface area contributed by atoms with E-state index >= 15 is 0 Å². The molecule has 1 aliphatic heterocycles. The lowest BCUT2D eigenvalue weighted by Gasteiger charge is -2.23. The first-order chi connectivity index (χ1) is 12.6. The van der Waals surface area contributed by atoms with Crippen LogP contribution in [0.2, 0.25) is 0 Å². The van der Waals surface area contributed by atoms with Gasteiger partial charge in [-0.1, -0.05) is 43.8 Å². The predicted molar refractivity (Wildman–Crippen MR) is 98.7 cm³/mol. The van der Waals surface area contributed by atoms with E-state index in [-0.39, 0.29) is 22.1 Å². The van der Waals surface area contributed by atoms with Crippen LogP contribution in [-0.4, -0.2) is 28.6 Å². The molecular weight excluding hydrogens is 375 g/mol. The van der Waals surface area contributed by atoms with Gasteiger partial charge in [-0.25, -0.2) is 9.97 Å². The summed E-state index contributed by atoms with van der Waals surface area (Å²) >= 11 is 0.893. The summed E-state index contributed by atoms with van der Waals surface area (Å²) in [5.41, 5.74) is 1.66. The molecule has 2 aromatic rings. The molecule has 0 atom stereocenters. The van der Waals surface area contributed by atoms with E-state index in [2.05, 4.69) is 9.97 Å². The molecule has 0 aliphatic carbocycles. The molecule has 0 saturated carbocycles. The number of halogens is 3. The number of hydrogen-bond acceptors (Lipinski definition) is 5. The monoisotopic (exact) mass is 393 g/mol. The number of ketones is 1. The summed E-state index contributed by atoms with van der Waals surface area (Å²) in [6.07, 6.45) is -1.93. The van der Waals surface area contributed by atoms with E-state index in [4.69, 9.17) is 0 Å². The van der Waals surface area contributed by atoms with Crippen LogP contribution in [0.4, 0.5) is 18.9 Å². The first-order valence-corrected chi connectivity index (χ1v) is 9.20. The fourth-order valence-electron chi connectivity index (χ4n) is 3.16. The Balaban J connectivity index is 1.75. The van der Waals surface area contributed by atoms with Gasteiger partial charge in [-0.2, -0.15) is 13.2 Å². The molecule has 1 aromatic heterocycles. The Morgan fingerprint density at radius 1 is 1.26 bits per heavy atom. The highest BCUT2D eigenvalue weighted by Gasteiger charge is 2.38. The van der Waals surface area contributed by atoms with Crippen LogP contribution < -0.4 is 4.90 Å². The van der Waals surface area contributed by atoms with E-state index in [9.17, 15) is 18.0 Å². The number of carbonyl (C=O) groups is 1. The molecule has 0 amide bonds. The lowest BCUT2D eigenvalue weighted by molar-refractivity contribution is -0.141. The predicted octanol–water partition coefficient (Wildman–Crippen LogP) is 4.47. The van der Waals surface area contributed by atoms with Crippen molar-refractivity contribution < 1.29 is 18.0 Å². The third kappa shape index (κ3) is 3.85. The molecule has 1 aromatic carbocycles. The number of hydrogen-bond donors (Lipinski definition) is 0. The molecule has 0 saturated heterocycles. The normalized spacial score (nSPS) is 17.3. The maximum absolute atomic E-state index is 12.7. The molecule has 0 spiro atoms. The molecule has 142 valence electrons. The van der Waals surface area contributed by atoms with E-state index in [1.165, 1.54) is 0 Å². The van der Waals surface area contributed by atoms with E-state index in [0.29, 0.717) is 0 Å². The van der Waals surface area contributed by atoms with Gasteiger partial charge in [-0.3, -0.25) is 4.79 Å². The first-order valence-electron chi connectivity index (χ1n) is 8.22. The maximum Gasteiger partial charge on any atom is 0.433 e. The van der Waals surface area contributed by atoms with E-state index in [0.717, 1.165) is 41.0 Å². The SMILES string of the molecule is CN1C(=CC(=O)CSc2nccc(C(F)(F)F)n2)C(C)(C)c2ccccc21. The number of rotatable bonds is 4. The van der Waals surface area contributed by atoms with Crippen LogP contribution in [-0.2, 0) is 16.4 Å². The second-order valence-corrected chi connectivity index (χ2v) is 7.65. The zero-order valence-electron chi connectivity index (χ0n) is 15.0. The van der Waals surface area contributed by atoms with Crippen LogP contribution in [0.3, 0.4) is 0 Å². The highest BCUT2D eigenvalue weighted by Crippen LogP contribution is 2.46. The summed E-state index contributed by atoms with van der Waals surface area (Å²) < 4.78 is 38.1. The van der Waals surface area contributed by atoms with Gasteiger partial charge < -0.3 is 4.90 Å². The Hall–Kier alpha value is -2.35. The number of allylic oxidation sites excluding steroid dienone is 2. The van der Waals surface area contributed by atoms with Crippen LogP contribution in [0.5, 0.6) is 0 Å². The fourth-order valence-corrected chi connectivity index (χ4v) is 3.81. The minimum absolute atomic E-state index is 0.0366. The summed E-state index contributed by atoms with van der Waals surface area (Å²) in [4.78, 5) is 21.7. The number of nitrogens with zero attached hydrogens (tertiary/aromatic N) is 3. The Morgan fingerprint density at radius 3 is 2.63 bits per heavy atom. The van der Waals surface area contributed by atoms with Gasteiger partial charge in [0.05, 0.1) is 5.75 Å². The van der Waals surface area contributed by atoms with Crippen LogP contribution in [0.25, 0.3) is 0 Å². The number of anilines is 1. The van der Waals surface area contributed by atoms with Crippen LogP contribution >= 0.6 is 11.8 Å². The Morgan fingerprint density at radius 2 is 1.96 bits per heavy atom. The van der Waals surface area contributed by atoms with Crippen molar-refractivity contribution in [3.8, 4) is 0 Å². The average molecular weight is 393 g/mol. The second kappa shape index (κ2) is 6.99. The third-order valence-corrected chi connectivity index (χ3v) is 5.39. The maximum atomic E-state index is 12.7. The largest absolute Gasteiger partial charge is 0.433 e. The Kier molecular flexibility index (Phi) is 5.03. The summed E-state index contributed by atoms with van der Waals surface area (Å²) in [6.45, 7) is 4.08. The zero-order valence-corrected chi connectivity index (χ0v) is 15.9. The summed E-state index contributed by atoms with van der Waals surface area (Å²) in [5.74, 6) is -0.241. The average Bonchev–Trinajstić information content (AvgIpc) is 2.81. The fraction of sp³-hybridized carbons (Fsp3) is 0.316. The number of aromatic nitrogens is 2. The Bertz CT molecular complexity index is 909. The van der Waals surface area contributed by atoms with Gasteiger partial charge >= 0.3 is 6.18 Å². The topological polar surface area (TPSA) is 46.1 Å².